The molecule has 5 heteroatoms. The summed E-state index contributed by atoms with van der Waals surface area (Å²) < 4.78 is 4.89. The number of nitrogens with one attached hydrogen (secondary N) is 1. The standard InChI is InChI=1S/C12H18N2O3/c1-17-7-3-6-11(13)12(16)14-9-4-2-5-10(15)8-9/h2,4-5,8,11,15H,3,6-7,13H2,1H3,(H,14,16). The summed E-state index contributed by atoms with van der Waals surface area (Å²) in [4.78, 5) is 11.7. The highest BCUT2D eigenvalue weighted by atomic mass is 16.5. The zero-order valence-electron chi connectivity index (χ0n) is 9.85. The topological polar surface area (TPSA) is 84.6 Å². The molecule has 0 saturated heterocycles. The first-order valence-corrected chi connectivity index (χ1v) is 5.48. The lowest BCUT2D eigenvalue weighted by Crippen LogP contribution is -2.35. The highest BCUT2D eigenvalue weighted by molar-refractivity contribution is 5.94. The number of amides is 1. The Bertz CT molecular complexity index is 369. The maximum Gasteiger partial charge on any atom is 0.241 e. The molecule has 5 nitrogen and oxygen atoms in total. The SMILES string of the molecule is COCCCC(N)C(=O)Nc1cccc(O)c1. The molecule has 0 spiro atoms. The van der Waals surface area contributed by atoms with E-state index in [0.29, 0.717) is 18.7 Å². The lowest BCUT2D eigenvalue weighted by Gasteiger charge is -2.12. The van der Waals surface area contributed by atoms with Gasteiger partial charge in [0.25, 0.3) is 0 Å². The maximum atomic E-state index is 11.7. The van der Waals surface area contributed by atoms with Crippen molar-refractivity contribution in [1.82, 2.24) is 0 Å². The summed E-state index contributed by atoms with van der Waals surface area (Å²) in [5.74, 6) is -0.151. The first kappa shape index (κ1) is 13.5. The third-order valence-corrected chi connectivity index (χ3v) is 2.31. The van der Waals surface area contributed by atoms with Gasteiger partial charge in [0, 0.05) is 25.5 Å². The van der Waals surface area contributed by atoms with E-state index >= 15 is 0 Å². The van der Waals surface area contributed by atoms with Crippen molar-refractivity contribution in [2.75, 3.05) is 19.0 Å². The molecule has 0 bridgehead atoms. The molecule has 0 aromatic heterocycles. The Labute approximate surface area is 101 Å². The molecule has 1 aromatic rings. The van der Waals surface area contributed by atoms with Crippen molar-refractivity contribution >= 4 is 11.6 Å². The fraction of sp³-hybridized carbons (Fsp3) is 0.417. The molecule has 0 fully saturated rings. The van der Waals surface area contributed by atoms with Gasteiger partial charge in [0.05, 0.1) is 6.04 Å². The minimum Gasteiger partial charge on any atom is -0.508 e. The van der Waals surface area contributed by atoms with E-state index in [-0.39, 0.29) is 11.7 Å². The number of carbonyl (C=O) groups is 1. The maximum absolute atomic E-state index is 11.7. The van der Waals surface area contributed by atoms with Gasteiger partial charge in [0.15, 0.2) is 0 Å². The second-order valence-corrected chi connectivity index (χ2v) is 3.78. The smallest absolute Gasteiger partial charge is 0.241 e. The summed E-state index contributed by atoms with van der Waals surface area (Å²) >= 11 is 0. The van der Waals surface area contributed by atoms with Crippen LogP contribution in [0.5, 0.6) is 5.75 Å². The van der Waals surface area contributed by atoms with Gasteiger partial charge in [-0.3, -0.25) is 4.79 Å². The molecule has 1 amide bonds. The number of hydrogen-bond acceptors (Lipinski definition) is 4. The molecule has 1 atom stereocenters. The Balaban J connectivity index is 2.43. The predicted octanol–water partition coefficient (Wildman–Crippen LogP) is 1.08. The molecular weight excluding hydrogens is 220 g/mol. The number of phenolic OH excluding ortho intramolecular Hbond substituents is 1. The Morgan fingerprint density at radius 2 is 2.35 bits per heavy atom. The van der Waals surface area contributed by atoms with Gasteiger partial charge in [0.1, 0.15) is 5.75 Å². The van der Waals surface area contributed by atoms with Crippen molar-refractivity contribution in [3.8, 4) is 5.75 Å². The van der Waals surface area contributed by atoms with Crippen LogP contribution in [0.2, 0.25) is 0 Å². The van der Waals surface area contributed by atoms with Gasteiger partial charge in [0.2, 0.25) is 5.91 Å². The van der Waals surface area contributed by atoms with E-state index in [2.05, 4.69) is 5.32 Å². The molecular formula is C12H18N2O3. The van der Waals surface area contributed by atoms with Gasteiger partial charge >= 0.3 is 0 Å². The number of aromatic hydroxyl groups is 1. The van der Waals surface area contributed by atoms with Crippen LogP contribution in [-0.2, 0) is 9.53 Å². The molecule has 0 aliphatic heterocycles. The van der Waals surface area contributed by atoms with Gasteiger partial charge in [-0.15, -0.1) is 0 Å². The normalized spacial score (nSPS) is 12.1. The minimum atomic E-state index is -0.563. The van der Waals surface area contributed by atoms with Crippen LogP contribution in [0.3, 0.4) is 0 Å². The van der Waals surface area contributed by atoms with E-state index in [1.807, 2.05) is 0 Å². The molecule has 4 N–H and O–H groups in total. The monoisotopic (exact) mass is 238 g/mol. The summed E-state index contributed by atoms with van der Waals surface area (Å²) in [5, 5.41) is 11.9. The first-order valence-electron chi connectivity index (χ1n) is 5.48. The number of ether oxygens (including phenoxy) is 1. The van der Waals surface area contributed by atoms with Crippen LogP contribution in [-0.4, -0.2) is 30.8 Å². The van der Waals surface area contributed by atoms with E-state index in [1.54, 1.807) is 19.2 Å². The molecule has 0 aliphatic rings. The molecule has 0 radical (unpaired) electrons. The number of phenols is 1. The fourth-order valence-electron chi connectivity index (χ4n) is 1.40. The number of carbonyl (C=O) groups excluding carboxylic acids is 1. The zero-order valence-corrected chi connectivity index (χ0v) is 9.85. The highest BCUT2D eigenvalue weighted by Gasteiger charge is 2.13. The van der Waals surface area contributed by atoms with Crippen LogP contribution in [0.4, 0.5) is 5.69 Å². The quantitative estimate of drug-likeness (QED) is 0.647. The van der Waals surface area contributed by atoms with Crippen molar-refractivity contribution in [2.24, 2.45) is 5.73 Å². The average Bonchev–Trinajstić information content (AvgIpc) is 2.29. The summed E-state index contributed by atoms with van der Waals surface area (Å²) in [6, 6.07) is 5.79. The van der Waals surface area contributed by atoms with Crippen LogP contribution >= 0.6 is 0 Å². The van der Waals surface area contributed by atoms with Gasteiger partial charge < -0.3 is 20.9 Å². The van der Waals surface area contributed by atoms with Crippen molar-refractivity contribution in [3.63, 3.8) is 0 Å². The van der Waals surface area contributed by atoms with Crippen molar-refractivity contribution in [1.29, 1.82) is 0 Å². The van der Waals surface area contributed by atoms with Crippen LogP contribution in [0, 0.1) is 0 Å². The lowest BCUT2D eigenvalue weighted by molar-refractivity contribution is -0.117. The second-order valence-electron chi connectivity index (χ2n) is 3.78. The molecule has 17 heavy (non-hydrogen) atoms. The Hall–Kier alpha value is -1.59. The molecule has 0 aliphatic carbocycles. The number of methoxy groups -OCH3 is 1. The second kappa shape index (κ2) is 6.88. The van der Waals surface area contributed by atoms with Crippen LogP contribution in [0.25, 0.3) is 0 Å². The van der Waals surface area contributed by atoms with Crippen molar-refractivity contribution in [2.45, 2.75) is 18.9 Å². The van der Waals surface area contributed by atoms with Gasteiger partial charge in [-0.2, -0.15) is 0 Å². The zero-order chi connectivity index (χ0) is 12.7. The molecule has 1 unspecified atom stereocenters. The van der Waals surface area contributed by atoms with Gasteiger partial charge in [-0.25, -0.2) is 0 Å². The highest BCUT2D eigenvalue weighted by Crippen LogP contribution is 2.15. The molecule has 0 saturated carbocycles. The Morgan fingerprint density at radius 1 is 1.59 bits per heavy atom. The summed E-state index contributed by atoms with van der Waals surface area (Å²) in [6.07, 6.45) is 1.31. The molecule has 1 rings (SSSR count). The van der Waals surface area contributed by atoms with E-state index in [1.165, 1.54) is 12.1 Å². The Kier molecular flexibility index (Phi) is 5.45. The molecule has 0 heterocycles. The van der Waals surface area contributed by atoms with Crippen LogP contribution in [0.1, 0.15) is 12.8 Å². The van der Waals surface area contributed by atoms with Crippen molar-refractivity contribution in [3.05, 3.63) is 24.3 Å². The lowest BCUT2D eigenvalue weighted by atomic mass is 10.1. The van der Waals surface area contributed by atoms with E-state index < -0.39 is 6.04 Å². The van der Waals surface area contributed by atoms with E-state index in [4.69, 9.17) is 10.5 Å². The van der Waals surface area contributed by atoms with Crippen LogP contribution in [0.15, 0.2) is 24.3 Å². The number of rotatable bonds is 6. The molecule has 94 valence electrons. The average molecular weight is 238 g/mol. The summed E-state index contributed by atoms with van der Waals surface area (Å²) in [6.45, 7) is 0.590. The summed E-state index contributed by atoms with van der Waals surface area (Å²) in [7, 11) is 1.61. The number of hydrogen-bond donors (Lipinski definition) is 3. The number of anilines is 1. The van der Waals surface area contributed by atoms with E-state index in [0.717, 1.165) is 6.42 Å². The predicted molar refractivity (Wildman–Crippen MR) is 65.8 cm³/mol. The fourth-order valence-corrected chi connectivity index (χ4v) is 1.40. The molecule has 1 aromatic carbocycles. The summed E-state index contributed by atoms with van der Waals surface area (Å²) in [5.41, 5.74) is 6.25. The number of nitrogens with two attached hydrogens (primary N) is 1. The third kappa shape index (κ3) is 4.84. The minimum absolute atomic E-state index is 0.107. The van der Waals surface area contributed by atoms with Gasteiger partial charge in [-0.05, 0) is 25.0 Å². The Morgan fingerprint density at radius 3 is 3.00 bits per heavy atom. The van der Waals surface area contributed by atoms with Crippen molar-refractivity contribution < 1.29 is 14.6 Å². The largest absolute Gasteiger partial charge is 0.508 e. The first-order chi connectivity index (χ1) is 8.13. The van der Waals surface area contributed by atoms with Gasteiger partial charge in [-0.1, -0.05) is 6.07 Å². The number of benzene rings is 1. The third-order valence-electron chi connectivity index (χ3n) is 2.31. The van der Waals surface area contributed by atoms with E-state index in [9.17, 15) is 9.90 Å². The van der Waals surface area contributed by atoms with Crippen LogP contribution < -0.4 is 11.1 Å².